The van der Waals surface area contributed by atoms with Gasteiger partial charge in [-0.2, -0.15) is 0 Å². The first-order chi connectivity index (χ1) is 14.6. The summed E-state index contributed by atoms with van der Waals surface area (Å²) in [6.07, 6.45) is -0.184. The van der Waals surface area contributed by atoms with Crippen LogP contribution in [-0.4, -0.2) is 46.6 Å². The minimum absolute atomic E-state index is 0.0249. The summed E-state index contributed by atoms with van der Waals surface area (Å²) >= 11 is 7.33. The summed E-state index contributed by atoms with van der Waals surface area (Å²) < 4.78 is 0. The Kier molecular flexibility index (Phi) is 8.55. The van der Waals surface area contributed by atoms with E-state index in [9.17, 15) is 24.3 Å². The van der Waals surface area contributed by atoms with Crippen LogP contribution in [-0.2, 0) is 14.4 Å². The Morgan fingerprint density at radius 1 is 1.13 bits per heavy atom. The maximum Gasteiger partial charge on any atom is 0.345 e. The quantitative estimate of drug-likeness (QED) is 0.336. The van der Waals surface area contributed by atoms with Crippen LogP contribution in [0.3, 0.4) is 0 Å². The number of rotatable bonds is 11. The van der Waals surface area contributed by atoms with Gasteiger partial charge < -0.3 is 27.0 Å². The predicted molar refractivity (Wildman–Crippen MR) is 116 cm³/mol. The third kappa shape index (κ3) is 7.06. The van der Waals surface area contributed by atoms with Crippen molar-refractivity contribution in [2.24, 2.45) is 11.5 Å². The van der Waals surface area contributed by atoms with E-state index >= 15 is 0 Å². The van der Waals surface area contributed by atoms with Crippen molar-refractivity contribution < 1.29 is 29.4 Å². The molecule has 9 nitrogen and oxygen atoms in total. The number of aliphatic carboxylic acids is 1. The highest BCUT2D eigenvalue weighted by Gasteiger charge is 2.20. The van der Waals surface area contributed by atoms with Crippen molar-refractivity contribution in [1.82, 2.24) is 5.32 Å². The van der Waals surface area contributed by atoms with Crippen molar-refractivity contribution >= 4 is 46.7 Å². The Hall–Kier alpha value is -2.95. The first-order valence-electron chi connectivity index (χ1n) is 9.24. The van der Waals surface area contributed by atoms with E-state index in [-0.39, 0.29) is 36.6 Å². The van der Waals surface area contributed by atoms with Gasteiger partial charge in [0.25, 0.3) is 0 Å². The van der Waals surface area contributed by atoms with Gasteiger partial charge in [-0.05, 0) is 36.2 Å². The lowest BCUT2D eigenvalue weighted by molar-refractivity contribution is -0.137. The molecule has 31 heavy (non-hydrogen) atoms. The molecule has 2 rings (SSSR count). The normalized spacial score (nSPS) is 12.7. The second-order valence-corrected chi connectivity index (χ2v) is 8.35. The van der Waals surface area contributed by atoms with Gasteiger partial charge in [-0.15, -0.1) is 11.3 Å². The lowest BCUT2D eigenvalue weighted by Crippen LogP contribution is -2.38. The molecule has 1 aromatic heterocycles. The fraction of sp³-hybridized carbons (Fsp3) is 0.300. The number of nitrogens with one attached hydrogen (secondary N) is 1. The highest BCUT2D eigenvalue weighted by atomic mass is 35.5. The smallest absolute Gasteiger partial charge is 0.345 e. The van der Waals surface area contributed by atoms with Gasteiger partial charge in [-0.1, -0.05) is 17.7 Å². The summed E-state index contributed by atoms with van der Waals surface area (Å²) in [6, 6.07) is 7.14. The lowest BCUT2D eigenvalue weighted by atomic mass is 9.93. The van der Waals surface area contributed by atoms with Crippen molar-refractivity contribution in [3.8, 4) is 10.4 Å². The fourth-order valence-corrected chi connectivity index (χ4v) is 4.01. The average Bonchev–Trinajstić information content (AvgIpc) is 3.19. The minimum atomic E-state index is -1.05. The van der Waals surface area contributed by atoms with Crippen LogP contribution in [0.15, 0.2) is 30.3 Å². The molecular weight excluding hydrogens is 446 g/mol. The van der Waals surface area contributed by atoms with Gasteiger partial charge in [0.1, 0.15) is 4.88 Å². The number of carboxylic acid groups (broad SMARTS) is 2. The molecule has 11 heteroatoms. The number of benzene rings is 1. The molecule has 0 saturated heterocycles. The predicted octanol–water partition coefficient (Wildman–Crippen LogP) is 2.03. The summed E-state index contributed by atoms with van der Waals surface area (Å²) in [5.41, 5.74) is 11.8. The molecule has 7 N–H and O–H groups in total. The Bertz CT molecular complexity index is 993. The molecule has 1 aromatic carbocycles. The molecule has 2 atom stereocenters. The van der Waals surface area contributed by atoms with Crippen LogP contribution in [0.2, 0.25) is 5.02 Å². The van der Waals surface area contributed by atoms with E-state index < -0.39 is 29.8 Å². The molecule has 0 radical (unpaired) electrons. The van der Waals surface area contributed by atoms with E-state index in [0.29, 0.717) is 21.0 Å². The van der Waals surface area contributed by atoms with Crippen molar-refractivity contribution in [3.05, 3.63) is 45.8 Å². The second kappa shape index (κ2) is 10.9. The number of carboxylic acids is 2. The number of carbonyl (C=O) groups excluding carboxylic acids is 2. The molecule has 2 unspecified atom stereocenters. The lowest BCUT2D eigenvalue weighted by Gasteiger charge is -2.18. The topological polar surface area (TPSA) is 173 Å². The molecule has 1 heterocycles. The number of aromatic carboxylic acids is 1. The van der Waals surface area contributed by atoms with Crippen LogP contribution >= 0.6 is 22.9 Å². The van der Waals surface area contributed by atoms with Gasteiger partial charge in [0.15, 0.2) is 0 Å². The van der Waals surface area contributed by atoms with Gasteiger partial charge >= 0.3 is 11.9 Å². The zero-order valence-corrected chi connectivity index (χ0v) is 17.9. The summed E-state index contributed by atoms with van der Waals surface area (Å²) in [5, 5.41) is 21.5. The van der Waals surface area contributed by atoms with Crippen molar-refractivity contribution in [2.45, 2.75) is 31.2 Å². The van der Waals surface area contributed by atoms with Crippen LogP contribution < -0.4 is 16.8 Å². The number of hydrogen-bond donors (Lipinski definition) is 5. The Balaban J connectivity index is 2.17. The summed E-state index contributed by atoms with van der Waals surface area (Å²) in [4.78, 5) is 46.3. The maximum absolute atomic E-state index is 12.1. The van der Waals surface area contributed by atoms with E-state index in [1.165, 1.54) is 6.07 Å². The van der Waals surface area contributed by atoms with Gasteiger partial charge in [0.2, 0.25) is 11.8 Å². The minimum Gasteiger partial charge on any atom is -0.481 e. The second-order valence-electron chi connectivity index (χ2n) is 6.85. The molecule has 0 fully saturated rings. The summed E-state index contributed by atoms with van der Waals surface area (Å²) in [6.45, 7) is 0.0445. The van der Waals surface area contributed by atoms with Crippen LogP contribution in [0.5, 0.6) is 0 Å². The monoisotopic (exact) mass is 467 g/mol. The van der Waals surface area contributed by atoms with Crippen molar-refractivity contribution in [2.75, 3.05) is 6.54 Å². The van der Waals surface area contributed by atoms with Gasteiger partial charge in [-0.25, -0.2) is 4.79 Å². The first kappa shape index (κ1) is 24.3. The number of halogens is 1. The number of carbonyl (C=O) groups is 4. The van der Waals surface area contributed by atoms with E-state index in [2.05, 4.69) is 5.32 Å². The van der Waals surface area contributed by atoms with E-state index in [4.69, 9.17) is 28.2 Å². The molecular formula is C20H22ClN3O6S. The van der Waals surface area contributed by atoms with Crippen LogP contribution in [0, 0.1) is 0 Å². The van der Waals surface area contributed by atoms with Gasteiger partial charge in [-0.3, -0.25) is 14.4 Å². The highest BCUT2D eigenvalue weighted by Crippen LogP contribution is 2.36. The van der Waals surface area contributed by atoms with Gasteiger partial charge in [0, 0.05) is 34.3 Å². The first-order valence-corrected chi connectivity index (χ1v) is 10.4. The Morgan fingerprint density at radius 2 is 1.84 bits per heavy atom. The molecule has 0 aliphatic heterocycles. The maximum atomic E-state index is 12.1. The molecule has 0 saturated carbocycles. The number of hydrogen-bond acceptors (Lipinski definition) is 6. The SMILES string of the molecule is NC(=O)C(N)CCC(=O)NCC(CC(=O)O)c1ccc(Cl)c(-c2ccc(C(=O)O)s2)c1. The van der Waals surface area contributed by atoms with Crippen LogP contribution in [0.4, 0.5) is 0 Å². The molecule has 0 spiro atoms. The summed E-state index contributed by atoms with van der Waals surface area (Å²) in [5.74, 6) is -3.74. The van der Waals surface area contributed by atoms with Crippen LogP contribution in [0.25, 0.3) is 10.4 Å². The van der Waals surface area contributed by atoms with Crippen molar-refractivity contribution in [3.63, 3.8) is 0 Å². The van der Waals surface area contributed by atoms with E-state index in [1.54, 1.807) is 24.3 Å². The molecule has 0 aliphatic rings. The molecule has 166 valence electrons. The Morgan fingerprint density at radius 3 is 2.42 bits per heavy atom. The van der Waals surface area contributed by atoms with E-state index in [1.807, 2.05) is 0 Å². The zero-order valence-electron chi connectivity index (χ0n) is 16.3. The third-order valence-corrected chi connectivity index (χ3v) is 5.99. The molecule has 2 amide bonds. The largest absolute Gasteiger partial charge is 0.481 e. The fourth-order valence-electron chi connectivity index (χ4n) is 2.86. The standard InChI is InChI=1S/C20H22ClN3O6S/c21-13-2-1-10(7-12(13)15-4-5-16(31-15)20(29)30)11(8-18(26)27)9-24-17(25)6-3-14(22)19(23)28/h1-2,4-5,7,11,14H,3,6,8-9,22H2,(H2,23,28)(H,24,25)(H,26,27)(H,29,30). The Labute approximate surface area is 187 Å². The number of thiophene rings is 1. The number of primary amides is 1. The third-order valence-electron chi connectivity index (χ3n) is 4.56. The van der Waals surface area contributed by atoms with E-state index in [0.717, 1.165) is 11.3 Å². The van der Waals surface area contributed by atoms with Gasteiger partial charge in [0.05, 0.1) is 12.5 Å². The average molecular weight is 468 g/mol. The number of nitrogens with two attached hydrogens (primary N) is 2. The zero-order chi connectivity index (χ0) is 23.1. The molecule has 0 aliphatic carbocycles. The van der Waals surface area contributed by atoms with Crippen LogP contribution in [0.1, 0.15) is 40.4 Å². The van der Waals surface area contributed by atoms with Crippen molar-refractivity contribution in [1.29, 1.82) is 0 Å². The molecule has 0 bridgehead atoms. The highest BCUT2D eigenvalue weighted by molar-refractivity contribution is 7.17. The molecule has 2 aromatic rings. The summed E-state index contributed by atoms with van der Waals surface area (Å²) in [7, 11) is 0. The number of amides is 2.